The van der Waals surface area contributed by atoms with Gasteiger partial charge >= 0.3 is 0 Å². The van der Waals surface area contributed by atoms with Crippen LogP contribution in [0.15, 0.2) is 0 Å². The summed E-state index contributed by atoms with van der Waals surface area (Å²) in [6.07, 6.45) is 0.185. The highest BCUT2D eigenvalue weighted by atomic mass is 19.3. The number of aliphatic hydroxyl groups excluding tert-OH is 1. The summed E-state index contributed by atoms with van der Waals surface area (Å²) in [5.41, 5.74) is 0. The maximum atomic E-state index is 13.3. The van der Waals surface area contributed by atoms with E-state index < -0.39 is 17.8 Å². The van der Waals surface area contributed by atoms with Crippen molar-refractivity contribution in [2.24, 2.45) is 11.8 Å². The van der Waals surface area contributed by atoms with Gasteiger partial charge in [-0.05, 0) is 6.42 Å². The average molecular weight is 179 g/mol. The molecular weight excluding hydrogens is 164 g/mol. The second-order valence-electron chi connectivity index (χ2n) is 3.44. The van der Waals surface area contributed by atoms with Crippen LogP contribution in [0.25, 0.3) is 0 Å². The highest BCUT2D eigenvalue weighted by Gasteiger charge is 2.46. The van der Waals surface area contributed by atoms with E-state index in [1.807, 2.05) is 0 Å². The van der Waals surface area contributed by atoms with E-state index in [2.05, 4.69) is 5.32 Å². The molecule has 1 fully saturated rings. The molecule has 2 N–H and O–H groups in total. The summed E-state index contributed by atoms with van der Waals surface area (Å²) < 4.78 is 26.6. The van der Waals surface area contributed by atoms with Gasteiger partial charge in [0.25, 0.3) is 5.92 Å². The van der Waals surface area contributed by atoms with Crippen LogP contribution in [0.4, 0.5) is 8.78 Å². The number of nitrogens with one attached hydrogen (secondary N) is 1. The van der Waals surface area contributed by atoms with Crippen molar-refractivity contribution in [2.75, 3.05) is 19.7 Å². The van der Waals surface area contributed by atoms with Crippen LogP contribution in [0.2, 0.25) is 0 Å². The lowest BCUT2D eigenvalue weighted by Gasteiger charge is -2.36. The Morgan fingerprint density at radius 3 is 2.75 bits per heavy atom. The third kappa shape index (κ3) is 1.75. The number of rotatable bonds is 2. The molecule has 0 saturated carbocycles. The SMILES string of the molecule is CC1CNCC(CCO)C1(F)F. The van der Waals surface area contributed by atoms with Crippen molar-refractivity contribution in [3.8, 4) is 0 Å². The summed E-state index contributed by atoms with van der Waals surface area (Å²) in [7, 11) is 0. The molecule has 72 valence electrons. The summed E-state index contributed by atoms with van der Waals surface area (Å²) in [6.45, 7) is 2.07. The Morgan fingerprint density at radius 2 is 2.17 bits per heavy atom. The van der Waals surface area contributed by atoms with E-state index in [1.165, 1.54) is 6.92 Å². The van der Waals surface area contributed by atoms with E-state index in [9.17, 15) is 8.78 Å². The Labute approximate surface area is 71.0 Å². The van der Waals surface area contributed by atoms with Gasteiger partial charge in [0.15, 0.2) is 0 Å². The molecule has 0 amide bonds. The fraction of sp³-hybridized carbons (Fsp3) is 1.00. The molecule has 2 atom stereocenters. The summed E-state index contributed by atoms with van der Waals surface area (Å²) in [4.78, 5) is 0. The van der Waals surface area contributed by atoms with Crippen LogP contribution >= 0.6 is 0 Å². The van der Waals surface area contributed by atoms with Gasteiger partial charge in [-0.3, -0.25) is 0 Å². The molecule has 1 heterocycles. The summed E-state index contributed by atoms with van der Waals surface area (Å²) in [5.74, 6) is -3.94. The lowest BCUT2D eigenvalue weighted by Crippen LogP contribution is -2.50. The zero-order valence-electron chi connectivity index (χ0n) is 7.19. The molecule has 0 aliphatic carbocycles. The first kappa shape index (κ1) is 9.86. The molecule has 0 aromatic heterocycles. The van der Waals surface area contributed by atoms with E-state index in [0.717, 1.165) is 0 Å². The molecular formula is C8H15F2NO. The highest BCUT2D eigenvalue weighted by Crippen LogP contribution is 2.36. The van der Waals surface area contributed by atoms with E-state index in [4.69, 9.17) is 5.11 Å². The molecule has 2 nitrogen and oxygen atoms in total. The average Bonchev–Trinajstić information content (AvgIpc) is 2.00. The van der Waals surface area contributed by atoms with Crippen LogP contribution in [0.5, 0.6) is 0 Å². The number of piperidine rings is 1. The van der Waals surface area contributed by atoms with Crippen molar-refractivity contribution in [1.82, 2.24) is 5.32 Å². The number of alkyl halides is 2. The topological polar surface area (TPSA) is 32.3 Å². The van der Waals surface area contributed by atoms with Crippen LogP contribution in [0, 0.1) is 11.8 Å². The Morgan fingerprint density at radius 1 is 1.50 bits per heavy atom. The van der Waals surface area contributed by atoms with Gasteiger partial charge in [0.2, 0.25) is 0 Å². The summed E-state index contributed by atoms with van der Waals surface area (Å²) >= 11 is 0. The normalized spacial score (nSPS) is 35.0. The molecule has 0 spiro atoms. The minimum atomic E-state index is -2.62. The van der Waals surface area contributed by atoms with Crippen LogP contribution < -0.4 is 5.32 Å². The van der Waals surface area contributed by atoms with E-state index in [-0.39, 0.29) is 13.0 Å². The van der Waals surface area contributed by atoms with Gasteiger partial charge < -0.3 is 10.4 Å². The Hall–Kier alpha value is -0.220. The van der Waals surface area contributed by atoms with Gasteiger partial charge in [-0.1, -0.05) is 6.92 Å². The minimum absolute atomic E-state index is 0.158. The van der Waals surface area contributed by atoms with Crippen molar-refractivity contribution in [2.45, 2.75) is 19.3 Å². The molecule has 0 radical (unpaired) electrons. The van der Waals surface area contributed by atoms with E-state index >= 15 is 0 Å². The van der Waals surface area contributed by atoms with Gasteiger partial charge in [0.05, 0.1) is 0 Å². The lowest BCUT2D eigenvalue weighted by atomic mass is 9.85. The van der Waals surface area contributed by atoms with Crippen LogP contribution in [-0.4, -0.2) is 30.7 Å². The first-order valence-corrected chi connectivity index (χ1v) is 4.28. The fourth-order valence-electron chi connectivity index (χ4n) is 1.60. The van der Waals surface area contributed by atoms with Gasteiger partial charge in [-0.2, -0.15) is 0 Å². The number of aliphatic hydroxyl groups is 1. The van der Waals surface area contributed by atoms with Crippen LogP contribution in [0.1, 0.15) is 13.3 Å². The largest absolute Gasteiger partial charge is 0.396 e. The molecule has 0 aromatic carbocycles. The van der Waals surface area contributed by atoms with Gasteiger partial charge in [-0.15, -0.1) is 0 Å². The quantitative estimate of drug-likeness (QED) is 0.659. The van der Waals surface area contributed by atoms with E-state index in [0.29, 0.717) is 13.1 Å². The lowest BCUT2D eigenvalue weighted by molar-refractivity contribution is -0.122. The Kier molecular flexibility index (Phi) is 3.01. The maximum absolute atomic E-state index is 13.3. The standard InChI is InChI=1S/C8H15F2NO/c1-6-4-11-5-7(2-3-12)8(6,9)10/h6-7,11-12H,2-5H2,1H3. The number of hydrogen-bond acceptors (Lipinski definition) is 2. The predicted octanol–water partition coefficient (Wildman–Crippen LogP) is 0.860. The Bertz CT molecular complexity index is 150. The van der Waals surface area contributed by atoms with Gasteiger partial charge in [0.1, 0.15) is 0 Å². The molecule has 2 unspecified atom stereocenters. The van der Waals surface area contributed by atoms with Crippen molar-refractivity contribution < 1.29 is 13.9 Å². The number of halogens is 2. The molecule has 12 heavy (non-hydrogen) atoms. The molecule has 0 bridgehead atoms. The molecule has 1 rings (SSSR count). The van der Waals surface area contributed by atoms with Crippen LogP contribution in [0.3, 0.4) is 0 Å². The molecule has 1 aliphatic rings. The van der Waals surface area contributed by atoms with Gasteiger partial charge in [0, 0.05) is 31.5 Å². The predicted molar refractivity (Wildman–Crippen MR) is 42.2 cm³/mol. The molecule has 0 aromatic rings. The van der Waals surface area contributed by atoms with E-state index in [1.54, 1.807) is 0 Å². The third-order valence-corrected chi connectivity index (χ3v) is 2.52. The molecule has 4 heteroatoms. The minimum Gasteiger partial charge on any atom is -0.396 e. The maximum Gasteiger partial charge on any atom is 0.255 e. The van der Waals surface area contributed by atoms with Crippen LogP contribution in [-0.2, 0) is 0 Å². The van der Waals surface area contributed by atoms with Crippen molar-refractivity contribution in [3.05, 3.63) is 0 Å². The molecule has 1 aliphatic heterocycles. The second-order valence-corrected chi connectivity index (χ2v) is 3.44. The number of hydrogen-bond donors (Lipinski definition) is 2. The highest BCUT2D eigenvalue weighted by molar-refractivity contribution is 4.88. The third-order valence-electron chi connectivity index (χ3n) is 2.52. The van der Waals surface area contributed by atoms with Crippen molar-refractivity contribution in [1.29, 1.82) is 0 Å². The Balaban J connectivity index is 2.59. The summed E-state index contributed by atoms with van der Waals surface area (Å²) in [6, 6.07) is 0. The summed E-state index contributed by atoms with van der Waals surface area (Å²) in [5, 5.41) is 11.5. The first-order chi connectivity index (χ1) is 5.59. The smallest absolute Gasteiger partial charge is 0.255 e. The van der Waals surface area contributed by atoms with Crippen molar-refractivity contribution >= 4 is 0 Å². The molecule has 1 saturated heterocycles. The zero-order valence-corrected chi connectivity index (χ0v) is 7.19. The first-order valence-electron chi connectivity index (χ1n) is 4.28. The fourth-order valence-corrected chi connectivity index (χ4v) is 1.60. The second kappa shape index (κ2) is 3.66. The zero-order chi connectivity index (χ0) is 9.19. The monoisotopic (exact) mass is 179 g/mol. The van der Waals surface area contributed by atoms with Gasteiger partial charge in [-0.25, -0.2) is 8.78 Å². The van der Waals surface area contributed by atoms with Crippen molar-refractivity contribution in [3.63, 3.8) is 0 Å².